The lowest BCUT2D eigenvalue weighted by atomic mass is 10.2. The van der Waals surface area contributed by atoms with Crippen molar-refractivity contribution in [1.82, 2.24) is 5.06 Å². The SMILES string of the molecule is [C-]#[N+]CCCN(OCc1ccccc1)C(=O)OC(C)(C)C. The van der Waals surface area contributed by atoms with Gasteiger partial charge in [-0.15, -0.1) is 0 Å². The van der Waals surface area contributed by atoms with Crippen LogP contribution in [0.3, 0.4) is 0 Å². The summed E-state index contributed by atoms with van der Waals surface area (Å²) in [4.78, 5) is 20.9. The maximum absolute atomic E-state index is 12.1. The summed E-state index contributed by atoms with van der Waals surface area (Å²) < 4.78 is 5.30. The number of amides is 1. The van der Waals surface area contributed by atoms with E-state index in [-0.39, 0.29) is 6.61 Å². The van der Waals surface area contributed by atoms with Crippen LogP contribution in [0.4, 0.5) is 4.79 Å². The summed E-state index contributed by atoms with van der Waals surface area (Å²) in [6.45, 7) is 13.2. The summed E-state index contributed by atoms with van der Waals surface area (Å²) in [6.07, 6.45) is 0.0285. The average molecular weight is 290 g/mol. The first-order valence-corrected chi connectivity index (χ1v) is 6.93. The van der Waals surface area contributed by atoms with Gasteiger partial charge in [-0.3, -0.25) is 4.84 Å². The van der Waals surface area contributed by atoms with Crippen LogP contribution in [0.2, 0.25) is 0 Å². The van der Waals surface area contributed by atoms with Gasteiger partial charge in [0, 0.05) is 6.42 Å². The number of nitrogens with zero attached hydrogens (tertiary/aromatic N) is 2. The van der Waals surface area contributed by atoms with E-state index in [2.05, 4.69) is 4.85 Å². The molecule has 0 N–H and O–H groups in total. The molecule has 0 aliphatic carbocycles. The molecule has 5 nitrogen and oxygen atoms in total. The van der Waals surface area contributed by atoms with Crippen LogP contribution in [0.5, 0.6) is 0 Å². The molecule has 0 saturated carbocycles. The number of ether oxygens (including phenoxy) is 1. The van der Waals surface area contributed by atoms with Gasteiger partial charge in [0.05, 0.1) is 6.54 Å². The molecule has 0 saturated heterocycles. The van der Waals surface area contributed by atoms with Gasteiger partial charge in [-0.05, 0) is 26.3 Å². The summed E-state index contributed by atoms with van der Waals surface area (Å²) in [5, 5.41) is 1.20. The molecular formula is C16H22N2O3. The molecule has 0 atom stereocenters. The fraction of sp³-hybridized carbons (Fsp3) is 0.500. The second-order valence-electron chi connectivity index (χ2n) is 5.58. The van der Waals surface area contributed by atoms with Crippen molar-refractivity contribution in [3.8, 4) is 0 Å². The maximum atomic E-state index is 12.1. The van der Waals surface area contributed by atoms with E-state index in [0.29, 0.717) is 19.5 Å². The maximum Gasteiger partial charge on any atom is 0.434 e. The Morgan fingerprint density at radius 2 is 1.95 bits per heavy atom. The fourth-order valence-electron chi connectivity index (χ4n) is 1.54. The second-order valence-corrected chi connectivity index (χ2v) is 5.58. The molecule has 1 aromatic rings. The van der Waals surface area contributed by atoms with Crippen molar-refractivity contribution in [2.45, 2.75) is 39.4 Å². The molecule has 0 radical (unpaired) electrons. The molecule has 0 heterocycles. The lowest BCUT2D eigenvalue weighted by molar-refractivity contribution is -0.156. The Balaban J connectivity index is 2.59. The Bertz CT molecular complexity index is 475. The molecule has 0 bridgehead atoms. The van der Waals surface area contributed by atoms with Crippen molar-refractivity contribution in [1.29, 1.82) is 0 Å². The molecule has 1 amide bonds. The minimum Gasteiger partial charge on any atom is -0.442 e. The van der Waals surface area contributed by atoms with Crippen LogP contribution in [-0.2, 0) is 16.2 Å². The standard InChI is InChI=1S/C16H22N2O3/c1-16(2,3)21-15(19)18(12-8-11-17-4)20-13-14-9-6-5-7-10-14/h5-7,9-10H,8,11-13H2,1-3H3. The van der Waals surface area contributed by atoms with Crippen molar-refractivity contribution < 1.29 is 14.4 Å². The Hall–Kier alpha value is -2.06. The van der Waals surface area contributed by atoms with Crippen molar-refractivity contribution in [3.63, 3.8) is 0 Å². The van der Waals surface area contributed by atoms with Crippen LogP contribution in [0, 0.1) is 6.57 Å². The molecular weight excluding hydrogens is 268 g/mol. The predicted molar refractivity (Wildman–Crippen MR) is 80.3 cm³/mol. The van der Waals surface area contributed by atoms with E-state index >= 15 is 0 Å². The number of hydrogen-bond donors (Lipinski definition) is 0. The lowest BCUT2D eigenvalue weighted by Crippen LogP contribution is -2.37. The number of carbonyl (C=O) groups is 1. The van der Waals surface area contributed by atoms with E-state index in [1.54, 1.807) is 20.8 Å². The highest BCUT2D eigenvalue weighted by Crippen LogP contribution is 2.12. The van der Waals surface area contributed by atoms with Crippen LogP contribution in [0.1, 0.15) is 32.8 Å². The van der Waals surface area contributed by atoms with Crippen molar-refractivity contribution >= 4 is 6.09 Å². The fourth-order valence-corrected chi connectivity index (χ4v) is 1.54. The molecule has 1 rings (SSSR count). The third-order valence-corrected chi connectivity index (χ3v) is 2.46. The Morgan fingerprint density at radius 3 is 2.52 bits per heavy atom. The first kappa shape index (κ1) is 17.0. The van der Waals surface area contributed by atoms with E-state index in [9.17, 15) is 4.79 Å². The van der Waals surface area contributed by atoms with Crippen molar-refractivity contribution in [2.24, 2.45) is 0 Å². The molecule has 0 spiro atoms. The van der Waals surface area contributed by atoms with E-state index < -0.39 is 11.7 Å². The van der Waals surface area contributed by atoms with Crippen LogP contribution in [0.15, 0.2) is 30.3 Å². The monoisotopic (exact) mass is 290 g/mol. The highest BCUT2D eigenvalue weighted by Gasteiger charge is 2.23. The molecule has 5 heteroatoms. The van der Waals surface area contributed by atoms with Gasteiger partial charge in [-0.2, -0.15) is 5.06 Å². The molecule has 0 aliphatic heterocycles. The van der Waals surface area contributed by atoms with Gasteiger partial charge in [0.2, 0.25) is 6.54 Å². The first-order chi connectivity index (χ1) is 9.92. The lowest BCUT2D eigenvalue weighted by Gasteiger charge is -2.26. The van der Waals surface area contributed by atoms with Gasteiger partial charge >= 0.3 is 6.09 Å². The Morgan fingerprint density at radius 1 is 1.29 bits per heavy atom. The van der Waals surface area contributed by atoms with E-state index in [1.807, 2.05) is 30.3 Å². The van der Waals surface area contributed by atoms with Gasteiger partial charge in [0.25, 0.3) is 0 Å². The predicted octanol–water partition coefficient (Wildman–Crippen LogP) is 3.66. The molecule has 0 aromatic heterocycles. The van der Waals surface area contributed by atoms with Crippen LogP contribution >= 0.6 is 0 Å². The summed E-state index contributed by atoms with van der Waals surface area (Å²) in [7, 11) is 0. The van der Waals surface area contributed by atoms with Gasteiger partial charge < -0.3 is 9.58 Å². The normalized spacial score (nSPS) is 10.8. The van der Waals surface area contributed by atoms with Gasteiger partial charge in [0.1, 0.15) is 12.2 Å². The van der Waals surface area contributed by atoms with Gasteiger partial charge in [-0.25, -0.2) is 11.4 Å². The summed E-state index contributed by atoms with van der Waals surface area (Å²) in [6, 6.07) is 9.59. The van der Waals surface area contributed by atoms with E-state index in [0.717, 1.165) is 5.56 Å². The van der Waals surface area contributed by atoms with Gasteiger partial charge in [-0.1, -0.05) is 30.3 Å². The number of carbonyl (C=O) groups excluding carboxylic acids is 1. The Labute approximate surface area is 126 Å². The van der Waals surface area contributed by atoms with Crippen LogP contribution in [-0.4, -0.2) is 29.8 Å². The molecule has 114 valence electrons. The third kappa shape index (κ3) is 7.33. The van der Waals surface area contributed by atoms with Crippen LogP contribution < -0.4 is 0 Å². The zero-order valence-corrected chi connectivity index (χ0v) is 12.8. The minimum atomic E-state index is -0.578. The van der Waals surface area contributed by atoms with Crippen molar-refractivity contribution in [2.75, 3.05) is 13.1 Å². The second kappa shape index (κ2) is 8.28. The number of hydroxylamine groups is 2. The zero-order valence-electron chi connectivity index (χ0n) is 12.8. The quantitative estimate of drug-likeness (QED) is 0.456. The largest absolute Gasteiger partial charge is 0.442 e. The zero-order chi connectivity index (χ0) is 15.7. The van der Waals surface area contributed by atoms with Crippen LogP contribution in [0.25, 0.3) is 4.85 Å². The first-order valence-electron chi connectivity index (χ1n) is 6.93. The average Bonchev–Trinajstić information content (AvgIpc) is 2.41. The molecule has 21 heavy (non-hydrogen) atoms. The smallest absolute Gasteiger partial charge is 0.434 e. The Kier molecular flexibility index (Phi) is 6.70. The van der Waals surface area contributed by atoms with Gasteiger partial charge in [0.15, 0.2) is 0 Å². The summed E-state index contributed by atoms with van der Waals surface area (Å²) in [5.74, 6) is 0. The summed E-state index contributed by atoms with van der Waals surface area (Å²) >= 11 is 0. The highest BCUT2D eigenvalue weighted by molar-refractivity contribution is 5.66. The molecule has 0 unspecified atom stereocenters. The van der Waals surface area contributed by atoms with E-state index in [1.165, 1.54) is 5.06 Å². The number of hydrogen-bond acceptors (Lipinski definition) is 3. The highest BCUT2D eigenvalue weighted by atomic mass is 16.7. The molecule has 0 fully saturated rings. The molecule has 0 aliphatic rings. The number of benzene rings is 1. The topological polar surface area (TPSA) is 43.1 Å². The third-order valence-electron chi connectivity index (χ3n) is 2.46. The number of rotatable bonds is 6. The van der Waals surface area contributed by atoms with Crippen molar-refractivity contribution in [3.05, 3.63) is 47.3 Å². The van der Waals surface area contributed by atoms with E-state index in [4.69, 9.17) is 16.1 Å². The molecule has 1 aromatic carbocycles. The summed E-state index contributed by atoms with van der Waals surface area (Å²) in [5.41, 5.74) is 0.391. The minimum absolute atomic E-state index is 0.290.